The molecule has 49 valence electrons. The molecule has 0 atom stereocenters. The summed E-state index contributed by atoms with van der Waals surface area (Å²) in [6, 6.07) is 0. The van der Waals surface area contributed by atoms with Crippen LogP contribution >= 0.6 is 0 Å². The van der Waals surface area contributed by atoms with E-state index in [1.54, 1.807) is 30.9 Å². The first kappa shape index (κ1) is 5.35. The van der Waals surface area contributed by atoms with E-state index in [2.05, 4.69) is 6.08 Å². The van der Waals surface area contributed by atoms with Crippen molar-refractivity contribution in [2.45, 2.75) is 0 Å². The Kier molecular flexibility index (Phi) is 1.10. The first-order valence-corrected chi connectivity index (χ1v) is 2.94. The van der Waals surface area contributed by atoms with Crippen LogP contribution in [0.25, 0.3) is 0 Å². The van der Waals surface area contributed by atoms with E-state index in [0.717, 1.165) is 5.57 Å². The summed E-state index contributed by atoms with van der Waals surface area (Å²) in [5.74, 6) is 0.713. The van der Waals surface area contributed by atoms with Crippen LogP contribution in [0, 0.1) is 6.08 Å². The minimum atomic E-state index is 0.713. The zero-order valence-electron chi connectivity index (χ0n) is 5.20. The maximum atomic E-state index is 5.09. The molecule has 0 aromatic rings. The monoisotopic (exact) mass is 133 g/mol. The first-order chi connectivity index (χ1) is 4.97. The van der Waals surface area contributed by atoms with Crippen molar-refractivity contribution in [3.63, 3.8) is 0 Å². The van der Waals surface area contributed by atoms with Crippen LogP contribution in [0.3, 0.4) is 0 Å². The normalized spacial score (nSPS) is 20.0. The molecular weight excluding hydrogens is 128 g/mol. The molecule has 0 spiro atoms. The van der Waals surface area contributed by atoms with Gasteiger partial charge in [-0.15, -0.1) is 0 Å². The lowest BCUT2D eigenvalue weighted by molar-refractivity contribution is 0.304. The third-order valence-electron chi connectivity index (χ3n) is 1.26. The fourth-order valence-corrected chi connectivity index (χ4v) is 0.796. The van der Waals surface area contributed by atoms with Crippen molar-refractivity contribution >= 4 is 0 Å². The molecule has 2 aliphatic heterocycles. The lowest BCUT2D eigenvalue weighted by atomic mass is 10.2. The molecule has 2 rings (SSSR count). The summed E-state index contributed by atoms with van der Waals surface area (Å²) in [6.45, 7) is 0. The van der Waals surface area contributed by atoms with Crippen molar-refractivity contribution in [3.05, 3.63) is 48.3 Å². The molecule has 1 radical (unpaired) electrons. The van der Waals surface area contributed by atoms with Gasteiger partial charge in [0.2, 0.25) is 0 Å². The number of fused-ring (bicyclic) bond motifs is 1. The van der Waals surface area contributed by atoms with Gasteiger partial charge in [-0.05, 0) is 18.2 Å². The zero-order valence-corrected chi connectivity index (χ0v) is 5.20. The minimum Gasteiger partial charge on any atom is -0.469 e. The molecule has 0 saturated carbocycles. The number of rotatable bonds is 0. The summed E-state index contributed by atoms with van der Waals surface area (Å²) in [5.41, 5.74) is 0.925. The van der Waals surface area contributed by atoms with Crippen molar-refractivity contribution in [2.75, 3.05) is 0 Å². The molecule has 0 bridgehead atoms. The molecule has 0 N–H and O–H groups in total. The van der Waals surface area contributed by atoms with E-state index < -0.39 is 0 Å². The fourth-order valence-electron chi connectivity index (χ4n) is 0.796. The molecule has 0 saturated heterocycles. The molecule has 0 aliphatic carbocycles. The third-order valence-corrected chi connectivity index (χ3v) is 1.26. The van der Waals surface area contributed by atoms with E-state index in [4.69, 9.17) is 9.47 Å². The van der Waals surface area contributed by atoms with Crippen molar-refractivity contribution < 1.29 is 9.47 Å². The summed E-state index contributed by atoms with van der Waals surface area (Å²) in [4.78, 5) is 0. The molecule has 0 fully saturated rings. The van der Waals surface area contributed by atoms with Crippen molar-refractivity contribution in [1.82, 2.24) is 0 Å². The number of ether oxygens (including phenoxy) is 2. The van der Waals surface area contributed by atoms with E-state index in [1.807, 2.05) is 0 Å². The van der Waals surface area contributed by atoms with Gasteiger partial charge >= 0.3 is 0 Å². The van der Waals surface area contributed by atoms with Crippen LogP contribution in [0.4, 0.5) is 0 Å². The fraction of sp³-hybridized carbons (Fsp3) is 0. The summed E-state index contributed by atoms with van der Waals surface area (Å²) < 4.78 is 9.96. The highest BCUT2D eigenvalue weighted by Gasteiger charge is 2.08. The number of allylic oxidation sites excluding steroid dienone is 3. The van der Waals surface area contributed by atoms with Crippen LogP contribution in [0.2, 0.25) is 0 Å². The molecule has 10 heavy (non-hydrogen) atoms. The highest BCUT2D eigenvalue weighted by molar-refractivity contribution is 5.38. The standard InChI is InChI=1S/C8H5O2/c1-2-7-3-5-9-6-8(7)10-4-1/h1,3-6H. The Morgan fingerprint density at radius 1 is 1.30 bits per heavy atom. The maximum absolute atomic E-state index is 5.09. The largest absolute Gasteiger partial charge is 0.469 e. The Bertz CT molecular complexity index is 256. The Labute approximate surface area is 58.8 Å². The van der Waals surface area contributed by atoms with Crippen LogP contribution in [0.15, 0.2) is 42.3 Å². The molecule has 2 heterocycles. The lowest BCUT2D eigenvalue weighted by Crippen LogP contribution is -1.97. The summed E-state index contributed by atoms with van der Waals surface area (Å²) in [6.07, 6.45) is 11.2. The van der Waals surface area contributed by atoms with Gasteiger partial charge in [0.15, 0.2) is 5.76 Å². The van der Waals surface area contributed by atoms with Gasteiger partial charge in [-0.25, -0.2) is 0 Å². The van der Waals surface area contributed by atoms with Crippen molar-refractivity contribution in [2.24, 2.45) is 0 Å². The van der Waals surface area contributed by atoms with Gasteiger partial charge in [-0.2, -0.15) is 0 Å². The van der Waals surface area contributed by atoms with Gasteiger partial charge < -0.3 is 9.47 Å². The van der Waals surface area contributed by atoms with Crippen LogP contribution in [-0.2, 0) is 9.47 Å². The zero-order chi connectivity index (χ0) is 6.81. The summed E-state index contributed by atoms with van der Waals surface area (Å²) in [7, 11) is 0. The molecule has 0 amide bonds. The molecular formula is C8H5O2. The van der Waals surface area contributed by atoms with Crippen LogP contribution in [-0.4, -0.2) is 0 Å². The average Bonchev–Trinajstić information content (AvgIpc) is 2.05. The quantitative estimate of drug-likeness (QED) is 0.500. The molecule has 2 heteroatoms. The highest BCUT2D eigenvalue weighted by Crippen LogP contribution is 2.20. The van der Waals surface area contributed by atoms with Crippen molar-refractivity contribution in [1.29, 1.82) is 0 Å². The number of hydrogen-bond donors (Lipinski definition) is 0. The molecule has 2 aliphatic rings. The topological polar surface area (TPSA) is 18.5 Å². The summed E-state index contributed by atoms with van der Waals surface area (Å²) >= 11 is 0. The van der Waals surface area contributed by atoms with E-state index in [-0.39, 0.29) is 0 Å². The first-order valence-electron chi connectivity index (χ1n) is 2.94. The van der Waals surface area contributed by atoms with E-state index >= 15 is 0 Å². The predicted octanol–water partition coefficient (Wildman–Crippen LogP) is 1.65. The van der Waals surface area contributed by atoms with Crippen LogP contribution < -0.4 is 0 Å². The minimum absolute atomic E-state index is 0.713. The van der Waals surface area contributed by atoms with Gasteiger partial charge in [0.25, 0.3) is 0 Å². The smallest absolute Gasteiger partial charge is 0.169 e. The second kappa shape index (κ2) is 2.06. The van der Waals surface area contributed by atoms with Gasteiger partial charge in [0, 0.05) is 5.57 Å². The Morgan fingerprint density at radius 2 is 2.30 bits per heavy atom. The average molecular weight is 133 g/mol. The maximum Gasteiger partial charge on any atom is 0.169 e. The van der Waals surface area contributed by atoms with Crippen molar-refractivity contribution in [3.8, 4) is 0 Å². The van der Waals surface area contributed by atoms with E-state index in [0.29, 0.717) is 5.76 Å². The second-order valence-electron chi connectivity index (χ2n) is 1.90. The van der Waals surface area contributed by atoms with Gasteiger partial charge in [0.1, 0.15) is 6.26 Å². The summed E-state index contributed by atoms with van der Waals surface area (Å²) in [5, 5.41) is 0. The lowest BCUT2D eigenvalue weighted by Gasteiger charge is -2.12. The van der Waals surface area contributed by atoms with Gasteiger partial charge in [-0.1, -0.05) is 0 Å². The second-order valence-corrected chi connectivity index (χ2v) is 1.90. The van der Waals surface area contributed by atoms with Gasteiger partial charge in [0.05, 0.1) is 12.5 Å². The molecule has 0 unspecified atom stereocenters. The van der Waals surface area contributed by atoms with Gasteiger partial charge in [-0.3, -0.25) is 0 Å². The Morgan fingerprint density at radius 3 is 3.20 bits per heavy atom. The molecule has 0 aromatic heterocycles. The molecule has 0 aromatic carbocycles. The van der Waals surface area contributed by atoms with Crippen LogP contribution in [0.5, 0.6) is 0 Å². The Hall–Kier alpha value is -1.44. The predicted molar refractivity (Wildman–Crippen MR) is 35.3 cm³/mol. The Balaban J connectivity index is 2.39. The SMILES string of the molecule is [C]1=C2C=COC=C2OC=C1. The van der Waals surface area contributed by atoms with E-state index in [1.165, 1.54) is 0 Å². The third kappa shape index (κ3) is 0.739. The van der Waals surface area contributed by atoms with E-state index in [9.17, 15) is 0 Å². The van der Waals surface area contributed by atoms with Crippen LogP contribution in [0.1, 0.15) is 0 Å². The highest BCUT2D eigenvalue weighted by atomic mass is 16.5. The number of hydrogen-bond acceptors (Lipinski definition) is 2. The molecule has 2 nitrogen and oxygen atoms in total.